The first-order chi connectivity index (χ1) is 5.24. The van der Waals surface area contributed by atoms with E-state index in [0.717, 1.165) is 19.5 Å². The second kappa shape index (κ2) is 3.72. The molecule has 0 aromatic carbocycles. The molecule has 1 heterocycles. The van der Waals surface area contributed by atoms with Gasteiger partial charge in [0, 0.05) is 13.1 Å². The third-order valence-electron chi connectivity index (χ3n) is 2.19. The molecule has 1 atom stereocenters. The highest BCUT2D eigenvalue weighted by atomic mass is 16.3. The molecule has 0 spiro atoms. The minimum Gasteiger partial charge on any atom is -0.388 e. The van der Waals surface area contributed by atoms with E-state index in [9.17, 15) is 0 Å². The number of aliphatic hydroxyl groups is 1. The number of hydrogen-bond donors (Lipinski definition) is 2. The summed E-state index contributed by atoms with van der Waals surface area (Å²) in [6, 6.07) is 0. The van der Waals surface area contributed by atoms with Crippen LogP contribution in [0.2, 0.25) is 0 Å². The summed E-state index contributed by atoms with van der Waals surface area (Å²) >= 11 is 0. The molecular weight excluding hydrogens is 140 g/mol. The molecule has 1 rings (SSSR count). The Morgan fingerprint density at radius 2 is 2.45 bits per heavy atom. The van der Waals surface area contributed by atoms with E-state index in [1.165, 1.54) is 6.42 Å². The molecule has 1 fully saturated rings. The van der Waals surface area contributed by atoms with Gasteiger partial charge in [0.25, 0.3) is 0 Å². The molecule has 0 aromatic rings. The van der Waals surface area contributed by atoms with Gasteiger partial charge in [-0.05, 0) is 18.8 Å². The largest absolute Gasteiger partial charge is 0.388 e. The van der Waals surface area contributed by atoms with Crippen molar-refractivity contribution in [2.45, 2.75) is 19.8 Å². The summed E-state index contributed by atoms with van der Waals surface area (Å²) in [4.78, 5) is 1.97. The first-order valence-corrected chi connectivity index (χ1v) is 4.17. The van der Waals surface area contributed by atoms with Gasteiger partial charge in [-0.1, -0.05) is 6.92 Å². The molecule has 0 aliphatic carbocycles. The zero-order chi connectivity index (χ0) is 8.27. The average Bonchev–Trinajstić information content (AvgIpc) is 2.03. The number of nitrogens with zero attached hydrogens (tertiary/aromatic N) is 1. The molecule has 2 N–H and O–H groups in total. The zero-order valence-electron chi connectivity index (χ0n) is 7.01. The first-order valence-electron chi connectivity index (χ1n) is 4.17. The molecule has 3 heteroatoms. The number of amidine groups is 1. The Hall–Kier alpha value is -0.570. The molecule has 11 heavy (non-hydrogen) atoms. The normalized spacial score (nSPS) is 25.3. The Labute approximate surface area is 67.5 Å². The summed E-state index contributed by atoms with van der Waals surface area (Å²) in [5, 5.41) is 16.1. The van der Waals surface area contributed by atoms with Gasteiger partial charge in [0.15, 0.2) is 0 Å². The van der Waals surface area contributed by atoms with Crippen molar-refractivity contribution in [3.8, 4) is 0 Å². The number of aliphatic hydroxyl groups excluding tert-OH is 1. The van der Waals surface area contributed by atoms with E-state index in [2.05, 4.69) is 6.92 Å². The highest BCUT2D eigenvalue weighted by Crippen LogP contribution is 2.14. The fraction of sp³-hybridized carbons (Fsp3) is 0.875. The van der Waals surface area contributed by atoms with Gasteiger partial charge >= 0.3 is 0 Å². The maximum absolute atomic E-state index is 8.71. The molecule has 0 unspecified atom stereocenters. The fourth-order valence-electron chi connectivity index (χ4n) is 1.53. The van der Waals surface area contributed by atoms with Gasteiger partial charge in [0.1, 0.15) is 12.4 Å². The van der Waals surface area contributed by atoms with Crippen LogP contribution in [0.5, 0.6) is 0 Å². The summed E-state index contributed by atoms with van der Waals surface area (Å²) in [6.45, 7) is 3.96. The summed E-state index contributed by atoms with van der Waals surface area (Å²) in [5.74, 6) is 1.05. The molecule has 0 radical (unpaired) electrons. The quantitative estimate of drug-likeness (QED) is 0.433. The Balaban J connectivity index is 2.39. The Morgan fingerprint density at radius 1 is 1.73 bits per heavy atom. The molecule has 0 bridgehead atoms. The van der Waals surface area contributed by atoms with Crippen LogP contribution >= 0.6 is 0 Å². The molecule has 64 valence electrons. The molecule has 0 amide bonds. The summed E-state index contributed by atoms with van der Waals surface area (Å²) in [6.07, 6.45) is 2.42. The summed E-state index contributed by atoms with van der Waals surface area (Å²) < 4.78 is 0. The summed E-state index contributed by atoms with van der Waals surface area (Å²) in [7, 11) is 0. The Kier molecular flexibility index (Phi) is 2.88. The number of likely N-dealkylation sites (tertiary alicyclic amines) is 1. The Bertz CT molecular complexity index is 147. The van der Waals surface area contributed by atoms with Crippen LogP contribution in [0.15, 0.2) is 0 Å². The van der Waals surface area contributed by atoms with Crippen molar-refractivity contribution in [3.63, 3.8) is 0 Å². The standard InChI is InChI=1S/C8H16N2O/c1-7-3-2-4-10(5-7)8(9)6-11/h7,9,11H,2-6H2,1H3/t7-/m1/s1. The van der Waals surface area contributed by atoms with E-state index < -0.39 is 0 Å². The number of rotatable bonds is 1. The van der Waals surface area contributed by atoms with Crippen molar-refractivity contribution in [1.82, 2.24) is 4.90 Å². The predicted molar refractivity (Wildman–Crippen MR) is 44.8 cm³/mol. The predicted octanol–water partition coefficient (Wildman–Crippen LogP) is 0.688. The lowest BCUT2D eigenvalue weighted by Gasteiger charge is -2.32. The topological polar surface area (TPSA) is 47.3 Å². The molecule has 0 saturated carbocycles. The lowest BCUT2D eigenvalue weighted by molar-refractivity contribution is 0.248. The SMILES string of the molecule is C[C@@H]1CCCN(C(=N)CO)C1. The third kappa shape index (κ3) is 2.19. The number of nitrogens with one attached hydrogen (secondary N) is 1. The van der Waals surface area contributed by atoms with Crippen LogP contribution in [0.4, 0.5) is 0 Å². The minimum absolute atomic E-state index is 0.118. The van der Waals surface area contributed by atoms with E-state index in [0.29, 0.717) is 11.8 Å². The lowest BCUT2D eigenvalue weighted by Crippen LogP contribution is -2.40. The van der Waals surface area contributed by atoms with Crippen molar-refractivity contribution >= 4 is 5.84 Å². The third-order valence-corrected chi connectivity index (χ3v) is 2.19. The van der Waals surface area contributed by atoms with Gasteiger partial charge in [0.05, 0.1) is 0 Å². The van der Waals surface area contributed by atoms with Gasteiger partial charge in [-0.15, -0.1) is 0 Å². The molecule has 3 nitrogen and oxygen atoms in total. The number of piperidine rings is 1. The van der Waals surface area contributed by atoms with Crippen molar-refractivity contribution < 1.29 is 5.11 Å². The van der Waals surface area contributed by atoms with Crippen LogP contribution in [-0.2, 0) is 0 Å². The van der Waals surface area contributed by atoms with Crippen LogP contribution in [0.25, 0.3) is 0 Å². The Morgan fingerprint density at radius 3 is 3.00 bits per heavy atom. The minimum atomic E-state index is -0.118. The zero-order valence-corrected chi connectivity index (χ0v) is 7.01. The summed E-state index contributed by atoms with van der Waals surface area (Å²) in [5.41, 5.74) is 0. The van der Waals surface area contributed by atoms with E-state index in [1.807, 2.05) is 4.90 Å². The monoisotopic (exact) mass is 156 g/mol. The average molecular weight is 156 g/mol. The molecular formula is C8H16N2O. The van der Waals surface area contributed by atoms with E-state index in [-0.39, 0.29) is 6.61 Å². The molecule has 1 aliphatic heterocycles. The van der Waals surface area contributed by atoms with Crippen molar-refractivity contribution in [2.24, 2.45) is 5.92 Å². The van der Waals surface area contributed by atoms with Crippen molar-refractivity contribution in [2.75, 3.05) is 19.7 Å². The van der Waals surface area contributed by atoms with Crippen LogP contribution in [0.1, 0.15) is 19.8 Å². The van der Waals surface area contributed by atoms with Crippen LogP contribution in [0, 0.1) is 11.3 Å². The second-order valence-corrected chi connectivity index (χ2v) is 3.30. The van der Waals surface area contributed by atoms with Gasteiger partial charge < -0.3 is 10.0 Å². The van der Waals surface area contributed by atoms with Crippen LogP contribution in [0.3, 0.4) is 0 Å². The smallest absolute Gasteiger partial charge is 0.122 e. The maximum Gasteiger partial charge on any atom is 0.122 e. The second-order valence-electron chi connectivity index (χ2n) is 3.30. The maximum atomic E-state index is 8.71. The van der Waals surface area contributed by atoms with Gasteiger partial charge in [0.2, 0.25) is 0 Å². The van der Waals surface area contributed by atoms with Crippen molar-refractivity contribution in [3.05, 3.63) is 0 Å². The highest BCUT2D eigenvalue weighted by Gasteiger charge is 2.17. The van der Waals surface area contributed by atoms with E-state index in [1.54, 1.807) is 0 Å². The van der Waals surface area contributed by atoms with Gasteiger partial charge in [-0.2, -0.15) is 0 Å². The van der Waals surface area contributed by atoms with Gasteiger partial charge in [-0.3, -0.25) is 5.41 Å². The van der Waals surface area contributed by atoms with Crippen LogP contribution < -0.4 is 0 Å². The van der Waals surface area contributed by atoms with Gasteiger partial charge in [-0.25, -0.2) is 0 Å². The lowest BCUT2D eigenvalue weighted by atomic mass is 10.0. The van der Waals surface area contributed by atoms with E-state index in [4.69, 9.17) is 10.5 Å². The fourth-order valence-corrected chi connectivity index (χ4v) is 1.53. The van der Waals surface area contributed by atoms with Crippen LogP contribution in [-0.4, -0.2) is 35.5 Å². The van der Waals surface area contributed by atoms with E-state index >= 15 is 0 Å². The first kappa shape index (κ1) is 8.53. The van der Waals surface area contributed by atoms with Crippen molar-refractivity contribution in [1.29, 1.82) is 5.41 Å². The number of hydrogen-bond acceptors (Lipinski definition) is 2. The molecule has 1 aliphatic rings. The molecule has 1 saturated heterocycles. The molecule has 0 aromatic heterocycles. The highest BCUT2D eigenvalue weighted by molar-refractivity contribution is 5.80.